The summed E-state index contributed by atoms with van der Waals surface area (Å²) in [6.45, 7) is 3.57. The molecule has 0 aliphatic rings. The molecule has 0 heterocycles. The lowest BCUT2D eigenvalue weighted by molar-refractivity contribution is -0.112. The molecule has 0 aliphatic heterocycles. The molecule has 0 bridgehead atoms. The fraction of sp³-hybridized carbons (Fsp3) is 0.111. The molecule has 2 rings (SSSR count). The summed E-state index contributed by atoms with van der Waals surface area (Å²) in [4.78, 5) is 12.2. The molecule has 0 spiro atoms. The largest absolute Gasteiger partial charge is 0.508 e. The molecule has 2 aromatic rings. The first-order valence-electron chi connectivity index (χ1n) is 7.18. The number of phenolic OH excluding ortho intramolecular Hbond substituents is 2. The minimum Gasteiger partial charge on any atom is -0.508 e. The van der Waals surface area contributed by atoms with Crippen LogP contribution in [0.1, 0.15) is 11.1 Å². The van der Waals surface area contributed by atoms with Gasteiger partial charge >= 0.3 is 0 Å². The normalized spacial score (nSPS) is 10.8. The molecule has 122 valence electrons. The van der Waals surface area contributed by atoms with E-state index in [-0.39, 0.29) is 17.1 Å². The summed E-state index contributed by atoms with van der Waals surface area (Å²) in [6, 6.07) is 11.3. The predicted octanol–water partition coefficient (Wildman–Crippen LogP) is 3.17. The highest BCUT2D eigenvalue weighted by molar-refractivity contribution is 6.07. The first kappa shape index (κ1) is 16.9. The topological polar surface area (TPSA) is 105 Å². The summed E-state index contributed by atoms with van der Waals surface area (Å²) in [5.74, 6) is -0.471. The number of rotatable bonds is 4. The summed E-state index contributed by atoms with van der Waals surface area (Å²) in [5, 5.41) is 33.7. The molecule has 6 heteroatoms. The zero-order valence-corrected chi connectivity index (χ0v) is 13.3. The number of phenols is 2. The Balaban J connectivity index is 2.15. The van der Waals surface area contributed by atoms with Crippen LogP contribution in [-0.2, 0) is 4.79 Å². The van der Waals surface area contributed by atoms with Crippen LogP contribution in [0.5, 0.6) is 11.5 Å². The van der Waals surface area contributed by atoms with Gasteiger partial charge in [0.05, 0.1) is 5.69 Å². The maximum Gasteiger partial charge on any atom is 0.267 e. The van der Waals surface area contributed by atoms with Crippen LogP contribution in [-0.4, -0.2) is 16.1 Å². The summed E-state index contributed by atoms with van der Waals surface area (Å²) in [6.07, 6.45) is 1.23. The Morgan fingerprint density at radius 1 is 1.12 bits per heavy atom. The van der Waals surface area contributed by atoms with Crippen LogP contribution in [0, 0.1) is 25.2 Å². The van der Waals surface area contributed by atoms with E-state index in [0.717, 1.165) is 5.56 Å². The average molecular weight is 323 g/mol. The molecule has 4 N–H and O–H groups in total. The minimum atomic E-state index is -0.592. The van der Waals surface area contributed by atoms with Crippen molar-refractivity contribution in [2.75, 3.05) is 10.6 Å². The van der Waals surface area contributed by atoms with Gasteiger partial charge in [0.1, 0.15) is 23.1 Å². The summed E-state index contributed by atoms with van der Waals surface area (Å²) < 4.78 is 0. The number of hydrogen-bond donors (Lipinski definition) is 4. The lowest BCUT2D eigenvalue weighted by Crippen LogP contribution is -2.15. The van der Waals surface area contributed by atoms with E-state index in [4.69, 9.17) is 5.26 Å². The number of anilines is 2. The van der Waals surface area contributed by atoms with Crippen molar-refractivity contribution < 1.29 is 15.0 Å². The molecule has 0 atom stereocenters. The molecule has 0 radical (unpaired) electrons. The zero-order valence-electron chi connectivity index (χ0n) is 13.3. The van der Waals surface area contributed by atoms with Gasteiger partial charge in [-0.2, -0.15) is 5.26 Å². The third kappa shape index (κ3) is 4.05. The van der Waals surface area contributed by atoms with Crippen LogP contribution in [0.25, 0.3) is 0 Å². The van der Waals surface area contributed by atoms with Gasteiger partial charge in [-0.25, -0.2) is 0 Å². The van der Waals surface area contributed by atoms with Gasteiger partial charge in [-0.1, -0.05) is 6.07 Å². The van der Waals surface area contributed by atoms with Gasteiger partial charge in [0.25, 0.3) is 5.91 Å². The monoisotopic (exact) mass is 323 g/mol. The van der Waals surface area contributed by atoms with Crippen LogP contribution in [0.4, 0.5) is 11.4 Å². The van der Waals surface area contributed by atoms with Gasteiger partial charge in [0.15, 0.2) is 0 Å². The van der Waals surface area contributed by atoms with Gasteiger partial charge in [-0.15, -0.1) is 0 Å². The van der Waals surface area contributed by atoms with E-state index in [2.05, 4.69) is 10.6 Å². The predicted molar refractivity (Wildman–Crippen MR) is 91.6 cm³/mol. The first-order valence-corrected chi connectivity index (χ1v) is 7.18. The highest BCUT2D eigenvalue weighted by atomic mass is 16.3. The number of nitriles is 1. The molecule has 0 unspecified atom stereocenters. The van der Waals surface area contributed by atoms with Gasteiger partial charge < -0.3 is 20.8 Å². The first-order chi connectivity index (χ1) is 11.4. The van der Waals surface area contributed by atoms with Crippen LogP contribution in [0.2, 0.25) is 0 Å². The number of aryl methyl sites for hydroxylation is 2. The molecule has 0 saturated heterocycles. The number of nitrogens with zero attached hydrogens (tertiary/aromatic N) is 1. The van der Waals surface area contributed by atoms with E-state index in [1.165, 1.54) is 18.3 Å². The molecule has 1 amide bonds. The molecule has 2 aromatic carbocycles. The Hall–Kier alpha value is -3.46. The molecule has 0 aliphatic carbocycles. The molecular weight excluding hydrogens is 306 g/mol. The summed E-state index contributed by atoms with van der Waals surface area (Å²) in [5.41, 5.74) is 2.30. The SMILES string of the molecule is Cc1ccc(N/C=C(/C#N)C(=O)Nc2ccc(O)cc2C)c(O)c1. The highest BCUT2D eigenvalue weighted by Gasteiger charge is 2.11. The second-order valence-electron chi connectivity index (χ2n) is 5.29. The number of nitrogens with one attached hydrogen (secondary N) is 2. The second-order valence-corrected chi connectivity index (χ2v) is 5.29. The van der Waals surface area contributed by atoms with Crippen molar-refractivity contribution in [3.05, 3.63) is 59.3 Å². The molecule has 0 saturated carbocycles. The molecule has 0 fully saturated rings. The highest BCUT2D eigenvalue weighted by Crippen LogP contribution is 2.24. The number of carbonyl (C=O) groups is 1. The molecule has 0 aromatic heterocycles. The molecular formula is C18H17N3O3. The van der Waals surface area contributed by atoms with Crippen molar-refractivity contribution in [2.45, 2.75) is 13.8 Å². The van der Waals surface area contributed by atoms with Crippen molar-refractivity contribution in [3.8, 4) is 17.6 Å². The van der Waals surface area contributed by atoms with Gasteiger partial charge in [0.2, 0.25) is 0 Å². The van der Waals surface area contributed by atoms with Crippen LogP contribution in [0.15, 0.2) is 48.2 Å². The molecule has 6 nitrogen and oxygen atoms in total. The lowest BCUT2D eigenvalue weighted by atomic mass is 10.1. The Bertz CT molecular complexity index is 851. The number of amides is 1. The Labute approximate surface area is 139 Å². The Morgan fingerprint density at radius 2 is 1.83 bits per heavy atom. The van der Waals surface area contributed by atoms with Crippen LogP contribution in [0.3, 0.4) is 0 Å². The maximum atomic E-state index is 12.2. The van der Waals surface area contributed by atoms with E-state index in [0.29, 0.717) is 16.9 Å². The van der Waals surface area contributed by atoms with E-state index in [1.54, 1.807) is 31.2 Å². The van der Waals surface area contributed by atoms with Gasteiger partial charge in [-0.3, -0.25) is 4.79 Å². The van der Waals surface area contributed by atoms with Crippen molar-refractivity contribution in [1.29, 1.82) is 5.26 Å². The summed E-state index contributed by atoms with van der Waals surface area (Å²) >= 11 is 0. The fourth-order valence-corrected chi connectivity index (χ4v) is 2.04. The van der Waals surface area contributed by atoms with E-state index in [9.17, 15) is 15.0 Å². The van der Waals surface area contributed by atoms with Crippen LogP contribution < -0.4 is 10.6 Å². The summed E-state index contributed by atoms with van der Waals surface area (Å²) in [7, 11) is 0. The number of hydrogen-bond acceptors (Lipinski definition) is 5. The van der Waals surface area contributed by atoms with Gasteiger partial charge in [0, 0.05) is 11.9 Å². The number of carbonyl (C=O) groups excluding carboxylic acids is 1. The third-order valence-corrected chi connectivity index (χ3v) is 3.35. The lowest BCUT2D eigenvalue weighted by Gasteiger charge is -2.09. The van der Waals surface area contributed by atoms with E-state index in [1.807, 2.05) is 13.0 Å². The molecule has 24 heavy (non-hydrogen) atoms. The average Bonchev–Trinajstić information content (AvgIpc) is 2.52. The van der Waals surface area contributed by atoms with E-state index < -0.39 is 5.91 Å². The van der Waals surface area contributed by atoms with Crippen molar-refractivity contribution in [1.82, 2.24) is 0 Å². The van der Waals surface area contributed by atoms with Gasteiger partial charge in [-0.05, 0) is 55.3 Å². The van der Waals surface area contributed by atoms with Crippen molar-refractivity contribution in [3.63, 3.8) is 0 Å². The zero-order chi connectivity index (χ0) is 17.7. The van der Waals surface area contributed by atoms with E-state index >= 15 is 0 Å². The third-order valence-electron chi connectivity index (χ3n) is 3.35. The Kier molecular flexibility index (Phi) is 5.07. The van der Waals surface area contributed by atoms with Crippen molar-refractivity contribution >= 4 is 17.3 Å². The number of benzene rings is 2. The standard InChI is InChI=1S/C18H17N3O3/c1-11-3-5-16(17(23)7-11)20-10-13(9-19)18(24)21-15-6-4-14(22)8-12(15)2/h3-8,10,20,22-23H,1-2H3,(H,21,24)/b13-10-. The second kappa shape index (κ2) is 7.20. The minimum absolute atomic E-state index is 0.0262. The Morgan fingerprint density at radius 3 is 2.46 bits per heavy atom. The smallest absolute Gasteiger partial charge is 0.267 e. The van der Waals surface area contributed by atoms with Crippen LogP contribution >= 0.6 is 0 Å². The maximum absolute atomic E-state index is 12.2. The fourth-order valence-electron chi connectivity index (χ4n) is 2.04. The number of aromatic hydroxyl groups is 2. The quantitative estimate of drug-likeness (QED) is 0.299. The van der Waals surface area contributed by atoms with Crippen molar-refractivity contribution in [2.24, 2.45) is 0 Å².